The molecule has 2 unspecified atom stereocenters. The van der Waals surface area contributed by atoms with Gasteiger partial charge in [-0.05, 0) is 44.4 Å². The zero-order valence-electron chi connectivity index (χ0n) is 10.4. The van der Waals surface area contributed by atoms with Crippen molar-refractivity contribution in [2.75, 3.05) is 13.2 Å². The van der Waals surface area contributed by atoms with Crippen LogP contribution in [0.25, 0.3) is 0 Å². The fraction of sp³-hybridized carbons (Fsp3) is 0.857. The third kappa shape index (κ3) is 3.33. The van der Waals surface area contributed by atoms with Gasteiger partial charge in [-0.2, -0.15) is 0 Å². The minimum Gasteiger partial charge on any atom is -0.350 e. The molecule has 0 N–H and O–H groups in total. The van der Waals surface area contributed by atoms with Gasteiger partial charge in [-0.25, -0.2) is 0 Å². The van der Waals surface area contributed by atoms with Crippen molar-refractivity contribution in [3.63, 3.8) is 0 Å². The van der Waals surface area contributed by atoms with Crippen LogP contribution in [0.5, 0.6) is 0 Å². The third-order valence-corrected chi connectivity index (χ3v) is 3.98. The number of hydrogen-bond donors (Lipinski definition) is 0. The minimum absolute atomic E-state index is 0.0882. The number of allylic oxidation sites excluding steroid dienone is 1. The fourth-order valence-electron chi connectivity index (χ4n) is 2.95. The lowest BCUT2D eigenvalue weighted by molar-refractivity contribution is -0.0512. The Morgan fingerprint density at radius 2 is 1.94 bits per heavy atom. The summed E-state index contributed by atoms with van der Waals surface area (Å²) in [6, 6.07) is 0. The van der Waals surface area contributed by atoms with E-state index in [-0.39, 0.29) is 6.29 Å². The van der Waals surface area contributed by atoms with Gasteiger partial charge in [0.15, 0.2) is 6.29 Å². The molecule has 92 valence electrons. The summed E-state index contributed by atoms with van der Waals surface area (Å²) in [6.07, 6.45) is 7.86. The lowest BCUT2D eigenvalue weighted by Crippen LogP contribution is -2.18. The van der Waals surface area contributed by atoms with Crippen molar-refractivity contribution in [2.24, 2.45) is 11.8 Å². The first-order valence-corrected chi connectivity index (χ1v) is 6.64. The van der Waals surface area contributed by atoms with Crippen molar-refractivity contribution in [2.45, 2.75) is 51.7 Å². The molecule has 1 heterocycles. The number of rotatable bonds is 4. The highest BCUT2D eigenvalue weighted by Crippen LogP contribution is 2.35. The van der Waals surface area contributed by atoms with E-state index < -0.39 is 0 Å². The summed E-state index contributed by atoms with van der Waals surface area (Å²) in [4.78, 5) is 0. The van der Waals surface area contributed by atoms with Gasteiger partial charge in [0, 0.05) is 0 Å². The van der Waals surface area contributed by atoms with Crippen LogP contribution in [0.3, 0.4) is 0 Å². The summed E-state index contributed by atoms with van der Waals surface area (Å²) in [6.45, 7) is 7.84. The minimum atomic E-state index is 0.0882. The van der Waals surface area contributed by atoms with E-state index in [1.165, 1.54) is 37.7 Å². The largest absolute Gasteiger partial charge is 0.350 e. The van der Waals surface area contributed by atoms with Crippen LogP contribution in [0, 0.1) is 11.8 Å². The summed E-state index contributed by atoms with van der Waals surface area (Å²) in [5, 5.41) is 0. The van der Waals surface area contributed by atoms with Crippen molar-refractivity contribution in [3.8, 4) is 0 Å². The SMILES string of the molecule is C=C(C)C1CCCC(CCC2OCCO2)C1. The lowest BCUT2D eigenvalue weighted by Gasteiger charge is -2.29. The van der Waals surface area contributed by atoms with Gasteiger partial charge in [0.1, 0.15) is 0 Å². The second-order valence-electron chi connectivity index (χ2n) is 5.32. The molecule has 0 spiro atoms. The molecule has 16 heavy (non-hydrogen) atoms. The van der Waals surface area contributed by atoms with Gasteiger partial charge in [0.05, 0.1) is 13.2 Å². The second-order valence-corrected chi connectivity index (χ2v) is 5.32. The van der Waals surface area contributed by atoms with Gasteiger partial charge in [-0.15, -0.1) is 0 Å². The maximum atomic E-state index is 5.48. The average molecular weight is 224 g/mol. The summed E-state index contributed by atoms with van der Waals surface area (Å²) in [5.41, 5.74) is 1.37. The first-order chi connectivity index (χ1) is 7.75. The van der Waals surface area contributed by atoms with E-state index in [4.69, 9.17) is 9.47 Å². The molecule has 2 aliphatic rings. The van der Waals surface area contributed by atoms with Crippen LogP contribution in [0.15, 0.2) is 12.2 Å². The van der Waals surface area contributed by atoms with E-state index in [0.717, 1.165) is 31.5 Å². The van der Waals surface area contributed by atoms with Crippen LogP contribution in [0.4, 0.5) is 0 Å². The Morgan fingerprint density at radius 3 is 2.62 bits per heavy atom. The van der Waals surface area contributed by atoms with Gasteiger partial charge < -0.3 is 9.47 Å². The molecule has 1 saturated carbocycles. The van der Waals surface area contributed by atoms with Gasteiger partial charge in [-0.1, -0.05) is 25.0 Å². The molecule has 1 aliphatic heterocycles. The highest BCUT2D eigenvalue weighted by Gasteiger charge is 2.24. The highest BCUT2D eigenvalue weighted by atomic mass is 16.7. The Morgan fingerprint density at radius 1 is 1.19 bits per heavy atom. The van der Waals surface area contributed by atoms with Gasteiger partial charge in [0.2, 0.25) is 0 Å². The Bertz CT molecular complexity index is 231. The third-order valence-electron chi connectivity index (χ3n) is 3.98. The molecule has 1 aliphatic carbocycles. The van der Waals surface area contributed by atoms with E-state index >= 15 is 0 Å². The molecular formula is C14H24O2. The zero-order chi connectivity index (χ0) is 11.4. The summed E-state index contributed by atoms with van der Waals surface area (Å²) < 4.78 is 11.0. The number of hydrogen-bond acceptors (Lipinski definition) is 2. The van der Waals surface area contributed by atoms with Gasteiger partial charge in [-0.3, -0.25) is 0 Å². The molecule has 0 amide bonds. The van der Waals surface area contributed by atoms with Gasteiger partial charge in [0.25, 0.3) is 0 Å². The van der Waals surface area contributed by atoms with E-state index in [0.29, 0.717) is 0 Å². The fourth-order valence-corrected chi connectivity index (χ4v) is 2.95. The molecule has 0 aromatic heterocycles. The van der Waals surface area contributed by atoms with Crippen LogP contribution >= 0.6 is 0 Å². The first-order valence-electron chi connectivity index (χ1n) is 6.64. The Hall–Kier alpha value is -0.340. The second kappa shape index (κ2) is 5.83. The van der Waals surface area contributed by atoms with Crippen LogP contribution in [-0.2, 0) is 9.47 Å². The lowest BCUT2D eigenvalue weighted by atomic mass is 9.77. The van der Waals surface area contributed by atoms with Crippen LogP contribution in [0.1, 0.15) is 45.4 Å². The topological polar surface area (TPSA) is 18.5 Å². The molecule has 0 aromatic carbocycles. The maximum absolute atomic E-state index is 5.48. The molecule has 0 bridgehead atoms. The molecule has 2 nitrogen and oxygen atoms in total. The average Bonchev–Trinajstić information content (AvgIpc) is 2.79. The normalized spacial score (nSPS) is 31.8. The van der Waals surface area contributed by atoms with Crippen LogP contribution < -0.4 is 0 Å². The standard InChI is InChI=1S/C14H24O2/c1-11(2)13-5-3-4-12(10-13)6-7-14-15-8-9-16-14/h12-14H,1,3-10H2,2H3. The zero-order valence-corrected chi connectivity index (χ0v) is 10.4. The molecular weight excluding hydrogens is 200 g/mol. The van der Waals surface area contributed by atoms with E-state index in [2.05, 4.69) is 13.5 Å². The predicted molar refractivity (Wildman–Crippen MR) is 65.2 cm³/mol. The van der Waals surface area contributed by atoms with E-state index in [1.807, 2.05) is 0 Å². The first kappa shape index (κ1) is 12.1. The molecule has 0 aromatic rings. The van der Waals surface area contributed by atoms with Crippen LogP contribution in [-0.4, -0.2) is 19.5 Å². The Balaban J connectivity index is 1.70. The summed E-state index contributed by atoms with van der Waals surface area (Å²) in [5.74, 6) is 1.63. The molecule has 1 saturated heterocycles. The van der Waals surface area contributed by atoms with Crippen molar-refractivity contribution < 1.29 is 9.47 Å². The maximum Gasteiger partial charge on any atom is 0.157 e. The molecule has 2 atom stereocenters. The van der Waals surface area contributed by atoms with Gasteiger partial charge >= 0.3 is 0 Å². The molecule has 0 radical (unpaired) electrons. The summed E-state index contributed by atoms with van der Waals surface area (Å²) >= 11 is 0. The Kier molecular flexibility index (Phi) is 4.42. The van der Waals surface area contributed by atoms with Crippen molar-refractivity contribution in [1.29, 1.82) is 0 Å². The van der Waals surface area contributed by atoms with Crippen molar-refractivity contribution in [3.05, 3.63) is 12.2 Å². The summed E-state index contributed by atoms with van der Waals surface area (Å²) in [7, 11) is 0. The molecule has 2 heteroatoms. The monoisotopic (exact) mass is 224 g/mol. The van der Waals surface area contributed by atoms with Crippen LogP contribution in [0.2, 0.25) is 0 Å². The molecule has 2 fully saturated rings. The molecule has 2 rings (SSSR count). The van der Waals surface area contributed by atoms with E-state index in [1.54, 1.807) is 0 Å². The van der Waals surface area contributed by atoms with Crippen molar-refractivity contribution >= 4 is 0 Å². The number of ether oxygens (including phenoxy) is 2. The Labute approximate surface area is 99.0 Å². The van der Waals surface area contributed by atoms with Crippen molar-refractivity contribution in [1.82, 2.24) is 0 Å². The highest BCUT2D eigenvalue weighted by molar-refractivity contribution is 4.98. The van der Waals surface area contributed by atoms with E-state index in [9.17, 15) is 0 Å². The quantitative estimate of drug-likeness (QED) is 0.680. The smallest absolute Gasteiger partial charge is 0.157 e. The predicted octanol–water partition coefficient (Wildman–Crippen LogP) is 3.52.